The Bertz CT molecular complexity index is 1020. The number of ether oxygens (including phenoxy) is 2. The first-order chi connectivity index (χ1) is 14.9. The van der Waals surface area contributed by atoms with Crippen molar-refractivity contribution in [1.29, 1.82) is 0 Å². The Morgan fingerprint density at radius 3 is 2.74 bits per heavy atom. The van der Waals surface area contributed by atoms with Gasteiger partial charge in [0.25, 0.3) is 17.1 Å². The standard InChI is InChI=1S/C20H17F2N3O5S/c1-29-15-10-12(5-6-14(15)30-19(21)22)11-16-18(27)25(20(28)31-16)9-8-24-17(26)13-4-2-3-7-23-13/h2-7,10-11,19H,8-9H2,1H3,(H,24,26)/b16-11-. The third kappa shape index (κ3) is 5.57. The molecule has 3 rings (SSSR count). The fraction of sp³-hybridized carbons (Fsp3) is 0.200. The third-order valence-corrected chi connectivity index (χ3v) is 5.00. The number of pyridine rings is 1. The summed E-state index contributed by atoms with van der Waals surface area (Å²) in [6.45, 7) is -2.95. The highest BCUT2D eigenvalue weighted by Gasteiger charge is 2.34. The molecule has 1 aliphatic heterocycles. The van der Waals surface area contributed by atoms with Gasteiger partial charge < -0.3 is 14.8 Å². The van der Waals surface area contributed by atoms with Crippen molar-refractivity contribution in [3.8, 4) is 11.5 Å². The van der Waals surface area contributed by atoms with E-state index in [4.69, 9.17) is 4.74 Å². The van der Waals surface area contributed by atoms with Crippen molar-refractivity contribution < 1.29 is 32.6 Å². The molecule has 0 bridgehead atoms. The molecule has 1 N–H and O–H groups in total. The van der Waals surface area contributed by atoms with Crippen molar-refractivity contribution >= 4 is 34.9 Å². The fourth-order valence-corrected chi connectivity index (χ4v) is 3.55. The van der Waals surface area contributed by atoms with Crippen LogP contribution in [0.25, 0.3) is 6.08 Å². The smallest absolute Gasteiger partial charge is 0.387 e. The SMILES string of the molecule is COc1cc(/C=C2\SC(=O)N(CCNC(=O)c3ccccn3)C2=O)ccc1OC(F)F. The number of carbonyl (C=O) groups excluding carboxylic acids is 3. The fourth-order valence-electron chi connectivity index (χ4n) is 2.68. The van der Waals surface area contributed by atoms with Crippen molar-refractivity contribution in [2.45, 2.75) is 6.61 Å². The second kappa shape index (κ2) is 10.0. The Morgan fingerprint density at radius 2 is 2.06 bits per heavy atom. The number of methoxy groups -OCH3 is 1. The van der Waals surface area contributed by atoms with Gasteiger partial charge in [0.1, 0.15) is 5.69 Å². The Balaban J connectivity index is 1.64. The Labute approximate surface area is 180 Å². The number of aromatic nitrogens is 1. The molecule has 1 aromatic carbocycles. The summed E-state index contributed by atoms with van der Waals surface area (Å²) in [6, 6.07) is 9.06. The number of nitrogens with zero attached hydrogens (tertiary/aromatic N) is 2. The summed E-state index contributed by atoms with van der Waals surface area (Å²) < 4.78 is 34.3. The predicted molar refractivity (Wildman–Crippen MR) is 109 cm³/mol. The molecule has 1 saturated heterocycles. The Hall–Kier alpha value is -3.47. The topological polar surface area (TPSA) is 97.8 Å². The van der Waals surface area contributed by atoms with Gasteiger partial charge in [-0.1, -0.05) is 12.1 Å². The van der Waals surface area contributed by atoms with E-state index in [9.17, 15) is 23.2 Å². The molecular weight excluding hydrogens is 432 g/mol. The van der Waals surface area contributed by atoms with E-state index in [1.54, 1.807) is 18.2 Å². The van der Waals surface area contributed by atoms with Gasteiger partial charge in [-0.25, -0.2) is 0 Å². The molecule has 0 saturated carbocycles. The van der Waals surface area contributed by atoms with Gasteiger partial charge in [-0.05, 0) is 47.7 Å². The minimum absolute atomic E-state index is 0.00886. The van der Waals surface area contributed by atoms with Gasteiger partial charge in [0, 0.05) is 19.3 Å². The molecule has 2 heterocycles. The number of hydrogen-bond acceptors (Lipinski definition) is 7. The molecule has 1 fully saturated rings. The lowest BCUT2D eigenvalue weighted by Crippen LogP contribution is -2.37. The first-order valence-corrected chi connectivity index (χ1v) is 9.78. The summed E-state index contributed by atoms with van der Waals surface area (Å²) in [7, 11) is 1.30. The van der Waals surface area contributed by atoms with Crippen molar-refractivity contribution in [2.24, 2.45) is 0 Å². The van der Waals surface area contributed by atoms with E-state index in [2.05, 4.69) is 15.0 Å². The summed E-state index contributed by atoms with van der Waals surface area (Å²) in [4.78, 5) is 41.9. The van der Waals surface area contributed by atoms with Crippen LogP contribution in [0.15, 0.2) is 47.5 Å². The maximum Gasteiger partial charge on any atom is 0.387 e. The molecule has 31 heavy (non-hydrogen) atoms. The molecule has 1 aliphatic rings. The zero-order valence-corrected chi connectivity index (χ0v) is 17.0. The van der Waals surface area contributed by atoms with Crippen LogP contribution in [0.1, 0.15) is 16.1 Å². The van der Waals surface area contributed by atoms with E-state index in [0.29, 0.717) is 5.56 Å². The van der Waals surface area contributed by atoms with E-state index in [0.717, 1.165) is 16.7 Å². The molecule has 8 nitrogen and oxygen atoms in total. The molecule has 11 heteroatoms. The van der Waals surface area contributed by atoms with E-state index in [1.807, 2.05) is 0 Å². The zero-order valence-electron chi connectivity index (χ0n) is 16.2. The minimum Gasteiger partial charge on any atom is -0.493 e. The number of alkyl halides is 2. The largest absolute Gasteiger partial charge is 0.493 e. The average molecular weight is 449 g/mol. The quantitative estimate of drug-likeness (QED) is 0.618. The molecule has 0 spiro atoms. The number of rotatable bonds is 8. The van der Waals surface area contributed by atoms with Crippen LogP contribution in [0.5, 0.6) is 11.5 Å². The lowest BCUT2D eigenvalue weighted by Gasteiger charge is -2.13. The van der Waals surface area contributed by atoms with Crippen LogP contribution in [-0.2, 0) is 4.79 Å². The molecule has 162 valence electrons. The van der Waals surface area contributed by atoms with E-state index < -0.39 is 23.7 Å². The summed E-state index contributed by atoms with van der Waals surface area (Å²) >= 11 is 0.742. The summed E-state index contributed by atoms with van der Waals surface area (Å²) in [5.74, 6) is -1.02. The molecule has 1 aromatic heterocycles. The number of carbonyl (C=O) groups is 3. The molecule has 0 radical (unpaired) electrons. The van der Waals surface area contributed by atoms with Crippen LogP contribution in [0.4, 0.5) is 13.6 Å². The van der Waals surface area contributed by atoms with Gasteiger partial charge >= 0.3 is 6.61 Å². The summed E-state index contributed by atoms with van der Waals surface area (Å²) in [5, 5.41) is 2.12. The van der Waals surface area contributed by atoms with Crippen molar-refractivity contribution in [2.75, 3.05) is 20.2 Å². The van der Waals surface area contributed by atoms with Crippen LogP contribution >= 0.6 is 11.8 Å². The van der Waals surface area contributed by atoms with Crippen molar-refractivity contribution in [1.82, 2.24) is 15.2 Å². The Morgan fingerprint density at radius 1 is 1.26 bits per heavy atom. The van der Waals surface area contributed by atoms with Gasteiger partial charge in [-0.2, -0.15) is 8.78 Å². The van der Waals surface area contributed by atoms with Crippen LogP contribution in [0, 0.1) is 0 Å². The normalized spacial score (nSPS) is 15.0. The molecular formula is C20H17F2N3O5S. The lowest BCUT2D eigenvalue weighted by molar-refractivity contribution is -0.122. The number of imide groups is 1. The highest BCUT2D eigenvalue weighted by molar-refractivity contribution is 8.18. The van der Waals surface area contributed by atoms with Crippen LogP contribution in [0.2, 0.25) is 0 Å². The second-order valence-electron chi connectivity index (χ2n) is 6.09. The lowest BCUT2D eigenvalue weighted by atomic mass is 10.2. The number of thioether (sulfide) groups is 1. The van der Waals surface area contributed by atoms with Gasteiger partial charge in [0.2, 0.25) is 0 Å². The number of hydrogen-bond donors (Lipinski definition) is 1. The van der Waals surface area contributed by atoms with Crippen LogP contribution in [-0.4, -0.2) is 53.7 Å². The predicted octanol–water partition coefficient (Wildman–Crippen LogP) is 3.16. The first kappa shape index (κ1) is 22.2. The van der Waals surface area contributed by atoms with Gasteiger partial charge in [-0.15, -0.1) is 0 Å². The maximum atomic E-state index is 12.6. The minimum atomic E-state index is -3.01. The van der Waals surface area contributed by atoms with Crippen molar-refractivity contribution in [3.63, 3.8) is 0 Å². The number of amides is 3. The summed E-state index contributed by atoms with van der Waals surface area (Å²) in [5.41, 5.74) is 0.692. The number of halogens is 2. The van der Waals surface area contributed by atoms with E-state index >= 15 is 0 Å². The molecule has 0 aliphatic carbocycles. The summed E-state index contributed by atoms with van der Waals surface area (Å²) in [6.07, 6.45) is 2.93. The molecule has 3 amide bonds. The van der Waals surface area contributed by atoms with E-state index in [-0.39, 0.29) is 35.2 Å². The monoisotopic (exact) mass is 449 g/mol. The van der Waals surface area contributed by atoms with Crippen LogP contribution < -0.4 is 14.8 Å². The highest BCUT2D eigenvalue weighted by atomic mass is 32.2. The van der Waals surface area contributed by atoms with E-state index in [1.165, 1.54) is 37.6 Å². The molecule has 0 atom stereocenters. The third-order valence-electron chi connectivity index (χ3n) is 4.09. The average Bonchev–Trinajstić information content (AvgIpc) is 3.02. The van der Waals surface area contributed by atoms with Crippen molar-refractivity contribution in [3.05, 3.63) is 58.8 Å². The molecule has 2 aromatic rings. The zero-order chi connectivity index (χ0) is 22.4. The second-order valence-corrected chi connectivity index (χ2v) is 7.09. The van der Waals surface area contributed by atoms with Gasteiger partial charge in [0.15, 0.2) is 11.5 Å². The highest BCUT2D eigenvalue weighted by Crippen LogP contribution is 2.34. The first-order valence-electron chi connectivity index (χ1n) is 8.96. The number of nitrogens with one attached hydrogen (secondary N) is 1. The maximum absolute atomic E-state index is 12.6. The van der Waals surface area contributed by atoms with Gasteiger partial charge in [0.05, 0.1) is 12.0 Å². The molecule has 0 unspecified atom stereocenters. The Kier molecular flexibility index (Phi) is 7.19. The van der Waals surface area contributed by atoms with Crippen LogP contribution in [0.3, 0.4) is 0 Å². The number of benzene rings is 1. The van der Waals surface area contributed by atoms with Gasteiger partial charge in [-0.3, -0.25) is 24.3 Å².